The number of pyridine rings is 1. The molecule has 2 nitrogen and oxygen atoms in total. The Morgan fingerprint density at radius 1 is 0.444 bits per heavy atom. The lowest BCUT2D eigenvalue weighted by molar-refractivity contribution is 0.590. The summed E-state index contributed by atoms with van der Waals surface area (Å²) in [6, 6.07) is 44.6. The summed E-state index contributed by atoms with van der Waals surface area (Å²) in [7, 11) is 0. The number of rotatable bonds is 2. The summed E-state index contributed by atoms with van der Waals surface area (Å²) in [5.74, 6) is 0. The zero-order valence-corrected chi connectivity index (χ0v) is 26.9. The highest BCUT2D eigenvalue weighted by atomic mass is 15.0. The second kappa shape index (κ2) is 9.78. The summed E-state index contributed by atoms with van der Waals surface area (Å²) >= 11 is 0. The maximum Gasteiger partial charge on any atom is 0.0794 e. The Hall–Kier alpha value is -4.95. The zero-order chi connectivity index (χ0) is 31.1. The minimum absolute atomic E-state index is 0.0552. The Morgan fingerprint density at radius 3 is 1.60 bits per heavy atom. The first-order valence-electron chi connectivity index (χ1n) is 16.0. The molecule has 0 saturated carbocycles. The molecule has 0 amide bonds. The van der Waals surface area contributed by atoms with Gasteiger partial charge in [0.05, 0.1) is 22.2 Å². The SMILES string of the molecule is CC(C)(C)c1ccc2c(c1)c1cc(C(C)(C)C)ccc1c1nc(-c3cccc(-n4c5ccccc5c5ccccc54)c3)ccc21. The maximum atomic E-state index is 5.42. The van der Waals surface area contributed by atoms with Gasteiger partial charge in [-0.2, -0.15) is 0 Å². The van der Waals surface area contributed by atoms with Crippen molar-refractivity contribution >= 4 is 54.3 Å². The lowest BCUT2D eigenvalue weighted by atomic mass is 9.82. The Balaban J connectivity index is 1.37. The average Bonchev–Trinajstić information content (AvgIpc) is 3.38. The van der Waals surface area contributed by atoms with Crippen LogP contribution in [-0.4, -0.2) is 9.55 Å². The lowest BCUT2D eigenvalue weighted by Crippen LogP contribution is -2.11. The number of benzene rings is 6. The highest BCUT2D eigenvalue weighted by molar-refractivity contribution is 6.24. The van der Waals surface area contributed by atoms with Gasteiger partial charge in [-0.25, -0.2) is 4.98 Å². The fourth-order valence-corrected chi connectivity index (χ4v) is 6.96. The third-order valence-corrected chi connectivity index (χ3v) is 9.48. The molecule has 0 atom stereocenters. The van der Waals surface area contributed by atoms with E-state index in [-0.39, 0.29) is 10.8 Å². The van der Waals surface area contributed by atoms with Crippen molar-refractivity contribution in [2.24, 2.45) is 0 Å². The van der Waals surface area contributed by atoms with Crippen LogP contribution in [0.15, 0.2) is 121 Å². The molecule has 0 aliphatic heterocycles. The molecule has 0 radical (unpaired) electrons. The Morgan fingerprint density at radius 2 is 0.978 bits per heavy atom. The molecule has 8 aromatic rings. The molecule has 45 heavy (non-hydrogen) atoms. The van der Waals surface area contributed by atoms with Crippen molar-refractivity contribution in [3.05, 3.63) is 132 Å². The molecule has 0 unspecified atom stereocenters. The van der Waals surface area contributed by atoms with Gasteiger partial charge >= 0.3 is 0 Å². The van der Waals surface area contributed by atoms with Gasteiger partial charge in [0.1, 0.15) is 0 Å². The van der Waals surface area contributed by atoms with Gasteiger partial charge in [-0.05, 0) is 86.6 Å². The number of fused-ring (bicyclic) bond motifs is 9. The van der Waals surface area contributed by atoms with Crippen molar-refractivity contribution in [2.75, 3.05) is 0 Å². The topological polar surface area (TPSA) is 17.8 Å². The number of nitrogens with zero attached hydrogens (tertiary/aromatic N) is 2. The molecule has 0 spiro atoms. The molecule has 0 aliphatic rings. The van der Waals surface area contributed by atoms with Crippen molar-refractivity contribution in [3.8, 4) is 16.9 Å². The van der Waals surface area contributed by atoms with Crippen LogP contribution in [0, 0.1) is 0 Å². The number of hydrogen-bond acceptors (Lipinski definition) is 1. The predicted octanol–water partition coefficient (Wildman–Crippen LogP) is 11.9. The van der Waals surface area contributed by atoms with Crippen molar-refractivity contribution in [1.82, 2.24) is 9.55 Å². The minimum Gasteiger partial charge on any atom is -0.309 e. The van der Waals surface area contributed by atoms with Crippen LogP contribution in [0.25, 0.3) is 71.2 Å². The highest BCUT2D eigenvalue weighted by Crippen LogP contribution is 2.40. The van der Waals surface area contributed by atoms with E-state index in [1.807, 2.05) is 0 Å². The Kier molecular flexibility index (Phi) is 5.99. The van der Waals surface area contributed by atoms with Crippen LogP contribution in [-0.2, 0) is 10.8 Å². The molecule has 0 fully saturated rings. The van der Waals surface area contributed by atoms with E-state index >= 15 is 0 Å². The fourth-order valence-electron chi connectivity index (χ4n) is 6.96. The standard InChI is InChI=1S/C43H38N2/c1-42(2,3)28-18-20-31-34-22-23-38(44-41(34)35-21-19-29(43(4,5)6)26-37(35)36(31)25-28)27-12-11-13-30(24-27)45-39-16-9-7-14-32(39)33-15-8-10-17-40(33)45/h7-26H,1-6H3. The average molecular weight is 583 g/mol. The van der Waals surface area contributed by atoms with Gasteiger partial charge in [0.25, 0.3) is 0 Å². The summed E-state index contributed by atoms with van der Waals surface area (Å²) in [5, 5.41) is 8.78. The molecule has 0 saturated heterocycles. The summed E-state index contributed by atoms with van der Waals surface area (Å²) < 4.78 is 2.37. The van der Waals surface area contributed by atoms with Gasteiger partial charge in [0, 0.05) is 32.8 Å². The summed E-state index contributed by atoms with van der Waals surface area (Å²) in [6.07, 6.45) is 0. The van der Waals surface area contributed by atoms with Gasteiger partial charge in [-0.3, -0.25) is 0 Å². The van der Waals surface area contributed by atoms with E-state index in [9.17, 15) is 0 Å². The molecule has 6 aromatic carbocycles. The predicted molar refractivity (Wildman–Crippen MR) is 194 cm³/mol. The molecule has 2 heteroatoms. The van der Waals surface area contributed by atoms with Gasteiger partial charge < -0.3 is 4.57 Å². The first kappa shape index (κ1) is 27.6. The van der Waals surface area contributed by atoms with Gasteiger partial charge in [-0.15, -0.1) is 0 Å². The van der Waals surface area contributed by atoms with E-state index < -0.39 is 0 Å². The third-order valence-electron chi connectivity index (χ3n) is 9.48. The normalized spacial score (nSPS) is 12.7. The molecule has 8 rings (SSSR count). The van der Waals surface area contributed by atoms with Crippen molar-refractivity contribution in [3.63, 3.8) is 0 Å². The molecular formula is C43H38N2. The Labute approximate surface area is 265 Å². The fraction of sp³-hybridized carbons (Fsp3) is 0.186. The van der Waals surface area contributed by atoms with Crippen LogP contribution in [0.1, 0.15) is 52.7 Å². The first-order valence-corrected chi connectivity index (χ1v) is 16.0. The maximum absolute atomic E-state index is 5.42. The highest BCUT2D eigenvalue weighted by Gasteiger charge is 2.20. The number of para-hydroxylation sites is 2. The van der Waals surface area contributed by atoms with E-state index in [0.717, 1.165) is 22.5 Å². The lowest BCUT2D eigenvalue weighted by Gasteiger charge is -2.22. The monoisotopic (exact) mass is 582 g/mol. The summed E-state index contributed by atoms with van der Waals surface area (Å²) in [4.78, 5) is 5.42. The number of hydrogen-bond donors (Lipinski definition) is 0. The van der Waals surface area contributed by atoms with Crippen molar-refractivity contribution in [1.29, 1.82) is 0 Å². The molecule has 2 aromatic heterocycles. The zero-order valence-electron chi connectivity index (χ0n) is 26.9. The molecule has 0 bridgehead atoms. The van der Waals surface area contributed by atoms with Crippen LogP contribution >= 0.6 is 0 Å². The van der Waals surface area contributed by atoms with E-state index in [1.54, 1.807) is 0 Å². The second-order valence-corrected chi connectivity index (χ2v) is 14.5. The summed E-state index contributed by atoms with van der Waals surface area (Å²) in [6.45, 7) is 13.7. The molecule has 220 valence electrons. The third kappa shape index (κ3) is 4.43. The molecule has 2 heterocycles. The van der Waals surface area contributed by atoms with Crippen LogP contribution in [0.5, 0.6) is 0 Å². The molecule has 0 aliphatic carbocycles. The molecule has 0 N–H and O–H groups in total. The van der Waals surface area contributed by atoms with Gasteiger partial charge in [0.15, 0.2) is 0 Å². The largest absolute Gasteiger partial charge is 0.309 e. The second-order valence-electron chi connectivity index (χ2n) is 14.5. The van der Waals surface area contributed by atoms with Crippen LogP contribution in [0.3, 0.4) is 0 Å². The van der Waals surface area contributed by atoms with Gasteiger partial charge in [0.2, 0.25) is 0 Å². The van der Waals surface area contributed by atoms with Crippen molar-refractivity contribution in [2.45, 2.75) is 52.4 Å². The van der Waals surface area contributed by atoms with E-state index in [0.29, 0.717) is 0 Å². The van der Waals surface area contributed by atoms with E-state index in [1.165, 1.54) is 59.9 Å². The quantitative estimate of drug-likeness (QED) is 0.185. The van der Waals surface area contributed by atoms with Crippen LogP contribution in [0.2, 0.25) is 0 Å². The minimum atomic E-state index is 0.0552. The molecular weight excluding hydrogens is 544 g/mol. The first-order chi connectivity index (χ1) is 21.6. The Bertz CT molecular complexity index is 2390. The number of aromatic nitrogens is 2. The van der Waals surface area contributed by atoms with Gasteiger partial charge in [-0.1, -0.05) is 114 Å². The van der Waals surface area contributed by atoms with Crippen LogP contribution in [0.4, 0.5) is 0 Å². The van der Waals surface area contributed by atoms with Crippen molar-refractivity contribution < 1.29 is 0 Å². The van der Waals surface area contributed by atoms with E-state index in [2.05, 4.69) is 167 Å². The summed E-state index contributed by atoms with van der Waals surface area (Å²) in [5.41, 5.74) is 9.53. The smallest absolute Gasteiger partial charge is 0.0794 e. The van der Waals surface area contributed by atoms with Crippen LogP contribution < -0.4 is 0 Å². The van der Waals surface area contributed by atoms with E-state index in [4.69, 9.17) is 4.98 Å².